The van der Waals surface area contributed by atoms with Crippen molar-refractivity contribution in [2.45, 2.75) is 36.2 Å². The Morgan fingerprint density at radius 3 is 2.42 bits per heavy atom. The molecule has 0 bridgehead atoms. The maximum atomic E-state index is 13.3. The van der Waals surface area contributed by atoms with Crippen LogP contribution in [0.5, 0.6) is 5.75 Å². The van der Waals surface area contributed by atoms with Crippen molar-refractivity contribution in [3.05, 3.63) is 53.1 Å². The molecule has 2 heterocycles. The van der Waals surface area contributed by atoms with Gasteiger partial charge in [0.25, 0.3) is 5.91 Å². The molecule has 2 aromatic carbocycles. The van der Waals surface area contributed by atoms with Gasteiger partial charge in [-0.25, -0.2) is 8.42 Å². The van der Waals surface area contributed by atoms with E-state index in [-0.39, 0.29) is 40.6 Å². The summed E-state index contributed by atoms with van der Waals surface area (Å²) in [6, 6.07) is 12.5. The van der Waals surface area contributed by atoms with Gasteiger partial charge in [0.2, 0.25) is 15.9 Å². The fraction of sp³-hybridized carbons (Fsp3) is 0.391. The number of amides is 2. The molecule has 1 saturated heterocycles. The lowest BCUT2D eigenvalue weighted by Crippen LogP contribution is -2.52. The smallest absolute Gasteiger partial charge is 0.265 e. The molecule has 2 aromatic rings. The minimum absolute atomic E-state index is 0.00622. The van der Waals surface area contributed by atoms with Crippen LogP contribution in [-0.2, 0) is 25.0 Å². The summed E-state index contributed by atoms with van der Waals surface area (Å²) in [6.45, 7) is 2.58. The number of hydrogen-bond donors (Lipinski definition) is 1. The zero-order chi connectivity index (χ0) is 23.4. The Bertz CT molecular complexity index is 1220. The van der Waals surface area contributed by atoms with E-state index in [1.807, 2.05) is 30.3 Å². The molecule has 1 N–H and O–H groups in total. The molecule has 2 aliphatic heterocycles. The van der Waals surface area contributed by atoms with Crippen LogP contribution < -0.4 is 10.1 Å². The molecule has 1 saturated carbocycles. The number of halogens is 1. The fourth-order valence-corrected chi connectivity index (χ4v) is 6.43. The molecule has 1 atom stereocenters. The van der Waals surface area contributed by atoms with E-state index >= 15 is 0 Å². The van der Waals surface area contributed by atoms with Crippen LogP contribution in [0, 0.1) is 0 Å². The predicted octanol–water partition coefficient (Wildman–Crippen LogP) is 2.62. The SMILES string of the molecule is C[C@H]1Oc2cc(S(=O)(=O)N3CCN(C(=O)C4(c5ccccc5)CC4)CC3)c(Cl)cc2NC1=O. The van der Waals surface area contributed by atoms with E-state index in [4.69, 9.17) is 16.3 Å². The molecule has 0 radical (unpaired) electrons. The van der Waals surface area contributed by atoms with Crippen LogP contribution in [0.3, 0.4) is 0 Å². The summed E-state index contributed by atoms with van der Waals surface area (Å²) in [4.78, 5) is 26.8. The van der Waals surface area contributed by atoms with Gasteiger partial charge >= 0.3 is 0 Å². The van der Waals surface area contributed by atoms with E-state index in [0.717, 1.165) is 18.4 Å². The monoisotopic (exact) mass is 489 g/mol. The number of nitrogens with zero attached hydrogens (tertiary/aromatic N) is 2. The molecule has 5 rings (SSSR count). The number of benzene rings is 2. The van der Waals surface area contributed by atoms with Crippen molar-refractivity contribution in [3.8, 4) is 5.75 Å². The van der Waals surface area contributed by atoms with Gasteiger partial charge in [-0.3, -0.25) is 9.59 Å². The first-order valence-corrected chi connectivity index (χ1v) is 12.7. The van der Waals surface area contributed by atoms with Gasteiger partial charge in [-0.2, -0.15) is 4.31 Å². The summed E-state index contributed by atoms with van der Waals surface area (Å²) < 4.78 is 33.6. The first kappa shape index (κ1) is 22.2. The second-order valence-electron chi connectivity index (χ2n) is 8.67. The molecular weight excluding hydrogens is 466 g/mol. The fourth-order valence-electron chi connectivity index (χ4n) is 4.49. The van der Waals surface area contributed by atoms with Gasteiger partial charge in [0.1, 0.15) is 10.6 Å². The summed E-state index contributed by atoms with van der Waals surface area (Å²) in [5.74, 6) is 0.00650. The highest BCUT2D eigenvalue weighted by atomic mass is 35.5. The molecule has 1 aliphatic carbocycles. The van der Waals surface area contributed by atoms with Gasteiger partial charge in [-0.05, 0) is 31.4 Å². The summed E-state index contributed by atoms with van der Waals surface area (Å²) in [7, 11) is -3.91. The Labute approximate surface area is 197 Å². The van der Waals surface area contributed by atoms with E-state index < -0.39 is 21.5 Å². The quantitative estimate of drug-likeness (QED) is 0.712. The van der Waals surface area contributed by atoms with Crippen LogP contribution in [0.2, 0.25) is 5.02 Å². The zero-order valence-corrected chi connectivity index (χ0v) is 19.7. The number of rotatable bonds is 4. The third kappa shape index (κ3) is 3.78. The van der Waals surface area contributed by atoms with Gasteiger partial charge in [0.05, 0.1) is 16.1 Å². The number of carbonyl (C=O) groups excluding carboxylic acids is 2. The third-order valence-corrected chi connectivity index (χ3v) is 8.96. The van der Waals surface area contributed by atoms with Crippen LogP contribution in [0.25, 0.3) is 0 Å². The number of hydrogen-bond acceptors (Lipinski definition) is 5. The summed E-state index contributed by atoms with van der Waals surface area (Å²) in [6.07, 6.45) is 0.894. The van der Waals surface area contributed by atoms with Gasteiger partial charge in [0, 0.05) is 32.2 Å². The number of piperazine rings is 1. The lowest BCUT2D eigenvalue weighted by molar-refractivity contribution is -0.135. The largest absolute Gasteiger partial charge is 0.479 e. The van der Waals surface area contributed by atoms with Crippen molar-refractivity contribution >= 4 is 39.1 Å². The molecule has 0 unspecified atom stereocenters. The zero-order valence-electron chi connectivity index (χ0n) is 18.1. The maximum Gasteiger partial charge on any atom is 0.265 e. The standard InChI is InChI=1S/C23H24ClN3O5S/c1-15-21(28)25-18-13-17(24)20(14-19(18)32-15)33(30,31)27-11-9-26(10-12-27)22(29)23(7-8-23)16-5-3-2-4-6-16/h2-6,13-15H,7-12H2,1H3,(H,25,28)/t15-/m1/s1. The number of anilines is 1. The van der Waals surface area contributed by atoms with Crippen molar-refractivity contribution in [2.24, 2.45) is 0 Å². The number of fused-ring (bicyclic) bond motifs is 1. The van der Waals surface area contributed by atoms with E-state index in [2.05, 4.69) is 5.32 Å². The van der Waals surface area contributed by atoms with E-state index in [9.17, 15) is 18.0 Å². The minimum atomic E-state index is -3.91. The Balaban J connectivity index is 1.32. The molecule has 2 fully saturated rings. The van der Waals surface area contributed by atoms with Crippen LogP contribution >= 0.6 is 11.6 Å². The lowest BCUT2D eigenvalue weighted by atomic mass is 9.94. The molecule has 0 aromatic heterocycles. The van der Waals surface area contributed by atoms with Crippen LogP contribution in [-0.4, -0.2) is 61.7 Å². The molecular formula is C23H24ClN3O5S. The Hall–Kier alpha value is -2.62. The Kier molecular flexibility index (Phi) is 5.38. The molecule has 174 valence electrons. The number of ether oxygens (including phenoxy) is 1. The van der Waals surface area contributed by atoms with Gasteiger partial charge in [-0.1, -0.05) is 41.9 Å². The third-order valence-electron chi connectivity index (χ3n) is 6.59. The number of nitrogens with one attached hydrogen (secondary N) is 1. The molecule has 8 nitrogen and oxygen atoms in total. The Morgan fingerprint density at radius 1 is 1.12 bits per heavy atom. The molecule has 3 aliphatic rings. The van der Waals surface area contributed by atoms with Crippen LogP contribution in [0.1, 0.15) is 25.3 Å². The number of carbonyl (C=O) groups is 2. The van der Waals surface area contributed by atoms with E-state index in [0.29, 0.717) is 18.8 Å². The first-order chi connectivity index (χ1) is 15.7. The average molecular weight is 490 g/mol. The number of sulfonamides is 1. The average Bonchev–Trinajstić information content (AvgIpc) is 3.62. The van der Waals surface area contributed by atoms with Crippen molar-refractivity contribution in [1.82, 2.24) is 9.21 Å². The summed E-state index contributed by atoms with van der Waals surface area (Å²) in [5, 5.41) is 2.67. The maximum absolute atomic E-state index is 13.3. The summed E-state index contributed by atoms with van der Waals surface area (Å²) >= 11 is 6.29. The highest BCUT2D eigenvalue weighted by molar-refractivity contribution is 7.89. The second-order valence-corrected chi connectivity index (χ2v) is 11.0. The molecule has 10 heteroatoms. The van der Waals surface area contributed by atoms with Crippen LogP contribution in [0.4, 0.5) is 5.69 Å². The van der Waals surface area contributed by atoms with E-state index in [1.165, 1.54) is 16.4 Å². The normalized spacial score (nSPS) is 22.2. The minimum Gasteiger partial charge on any atom is -0.479 e. The molecule has 33 heavy (non-hydrogen) atoms. The van der Waals surface area contributed by atoms with E-state index in [1.54, 1.807) is 11.8 Å². The van der Waals surface area contributed by atoms with Crippen molar-refractivity contribution in [1.29, 1.82) is 0 Å². The van der Waals surface area contributed by atoms with Gasteiger partial charge in [0.15, 0.2) is 6.10 Å². The van der Waals surface area contributed by atoms with Gasteiger partial charge < -0.3 is 15.0 Å². The Morgan fingerprint density at radius 2 is 1.79 bits per heavy atom. The van der Waals surface area contributed by atoms with Gasteiger partial charge in [-0.15, -0.1) is 0 Å². The topological polar surface area (TPSA) is 96.0 Å². The molecule has 0 spiro atoms. The van der Waals surface area contributed by atoms with Crippen LogP contribution in [0.15, 0.2) is 47.4 Å². The summed E-state index contributed by atoms with van der Waals surface area (Å²) in [5.41, 5.74) is 0.892. The van der Waals surface area contributed by atoms with Crippen molar-refractivity contribution in [2.75, 3.05) is 31.5 Å². The lowest BCUT2D eigenvalue weighted by Gasteiger charge is -2.36. The predicted molar refractivity (Wildman–Crippen MR) is 123 cm³/mol. The van der Waals surface area contributed by atoms with Crippen molar-refractivity contribution in [3.63, 3.8) is 0 Å². The van der Waals surface area contributed by atoms with Crippen molar-refractivity contribution < 1.29 is 22.7 Å². The first-order valence-electron chi connectivity index (χ1n) is 10.9. The molecule has 2 amide bonds. The highest BCUT2D eigenvalue weighted by Crippen LogP contribution is 2.49. The highest BCUT2D eigenvalue weighted by Gasteiger charge is 2.53. The second kappa shape index (κ2) is 8.00.